The lowest BCUT2D eigenvalue weighted by molar-refractivity contribution is 1.22. The van der Waals surface area contributed by atoms with Crippen molar-refractivity contribution in [3.63, 3.8) is 0 Å². The fraction of sp³-hybridized carbons (Fsp3) is 0. The molecule has 5 aromatic heterocycles. The number of aromatic nitrogens is 5. The van der Waals surface area contributed by atoms with Crippen LogP contribution < -0.4 is 0 Å². The van der Waals surface area contributed by atoms with E-state index in [1.165, 1.54) is 44.2 Å². The average molecular weight is 764 g/mol. The zero-order valence-corrected chi connectivity index (χ0v) is 32.3. The molecule has 11 aromatic rings. The number of benzene rings is 6. The quantitative estimate of drug-likeness (QED) is 0.158. The molecule has 0 saturated heterocycles. The molecule has 1 aliphatic carbocycles. The molecule has 5 heteroatoms. The Kier molecular flexibility index (Phi) is 7.78. The first-order chi connectivity index (χ1) is 29.7. The van der Waals surface area contributed by atoms with Gasteiger partial charge in [-0.2, -0.15) is 0 Å². The second kappa shape index (κ2) is 13.8. The molecule has 0 aliphatic heterocycles. The summed E-state index contributed by atoms with van der Waals surface area (Å²) in [6.45, 7) is 0. The molecule has 0 radical (unpaired) electrons. The van der Waals surface area contributed by atoms with Gasteiger partial charge in [0.05, 0.1) is 45.2 Å². The Balaban J connectivity index is 0.876. The van der Waals surface area contributed by atoms with Gasteiger partial charge in [0.25, 0.3) is 0 Å². The van der Waals surface area contributed by atoms with Gasteiger partial charge in [0.2, 0.25) is 0 Å². The van der Waals surface area contributed by atoms with Crippen molar-refractivity contribution in [2.75, 3.05) is 0 Å². The molecule has 5 heterocycles. The Hall–Kier alpha value is -8.15. The zero-order valence-electron chi connectivity index (χ0n) is 32.3. The maximum atomic E-state index is 5.26. The first kappa shape index (κ1) is 33.9. The summed E-state index contributed by atoms with van der Waals surface area (Å²) in [6, 6.07) is 66.1. The highest BCUT2D eigenvalue weighted by Crippen LogP contribution is 2.49. The molecule has 1 aliphatic rings. The summed E-state index contributed by atoms with van der Waals surface area (Å²) in [5, 5.41) is 4.73. The lowest BCUT2D eigenvalue weighted by Gasteiger charge is -2.11. The molecule has 5 nitrogen and oxygen atoms in total. The van der Waals surface area contributed by atoms with Crippen LogP contribution >= 0.6 is 0 Å². The Morgan fingerprint density at radius 2 is 0.750 bits per heavy atom. The monoisotopic (exact) mass is 763 g/mol. The summed E-state index contributed by atoms with van der Waals surface area (Å²) in [5.74, 6) is 0. The predicted octanol–water partition coefficient (Wildman–Crippen LogP) is 13.8. The average Bonchev–Trinajstić information content (AvgIpc) is 3.66. The van der Waals surface area contributed by atoms with Crippen molar-refractivity contribution in [1.82, 2.24) is 24.9 Å². The maximum absolute atomic E-state index is 5.26. The molecule has 0 amide bonds. The van der Waals surface area contributed by atoms with Gasteiger partial charge in [-0.05, 0) is 104 Å². The zero-order chi connectivity index (χ0) is 39.6. The van der Waals surface area contributed by atoms with Crippen LogP contribution in [-0.4, -0.2) is 24.9 Å². The largest absolute Gasteiger partial charge is 0.255 e. The van der Waals surface area contributed by atoms with Gasteiger partial charge in [-0.3, -0.25) is 9.97 Å². The van der Waals surface area contributed by atoms with Crippen LogP contribution in [0.15, 0.2) is 200 Å². The molecule has 0 N–H and O–H groups in total. The van der Waals surface area contributed by atoms with E-state index in [-0.39, 0.29) is 0 Å². The van der Waals surface area contributed by atoms with Gasteiger partial charge in [-0.1, -0.05) is 140 Å². The number of hydrogen-bond donors (Lipinski definition) is 0. The Morgan fingerprint density at radius 3 is 1.32 bits per heavy atom. The summed E-state index contributed by atoms with van der Waals surface area (Å²) in [7, 11) is 0. The summed E-state index contributed by atoms with van der Waals surface area (Å²) in [6.07, 6.45) is 3.59. The van der Waals surface area contributed by atoms with E-state index < -0.39 is 0 Å². The topological polar surface area (TPSA) is 64.5 Å². The Labute approximate surface area is 346 Å². The SMILES string of the molecule is c1ccc(-c2cc(-c3ccc(-c4ccc5ccc6ccc(-c7ccc(-c8ccc9c%10c(cccc8%10)-c8ccccc8-9)cc7)nc6c5n4)cc3)cc(-c3ccccn3)n2)nc1. The van der Waals surface area contributed by atoms with Gasteiger partial charge in [-0.15, -0.1) is 0 Å². The van der Waals surface area contributed by atoms with E-state index in [4.69, 9.17) is 15.0 Å². The van der Waals surface area contributed by atoms with Crippen LogP contribution in [0.2, 0.25) is 0 Å². The van der Waals surface area contributed by atoms with E-state index in [0.717, 1.165) is 78.2 Å². The van der Waals surface area contributed by atoms with E-state index in [2.05, 4.69) is 162 Å². The van der Waals surface area contributed by atoms with Gasteiger partial charge >= 0.3 is 0 Å². The molecular formula is C55H33N5. The second-order valence-electron chi connectivity index (χ2n) is 15.2. The highest BCUT2D eigenvalue weighted by molar-refractivity contribution is 6.18. The summed E-state index contributed by atoms with van der Waals surface area (Å²) < 4.78 is 0. The second-order valence-corrected chi connectivity index (χ2v) is 15.2. The molecule has 0 spiro atoms. The van der Waals surface area contributed by atoms with Crippen LogP contribution in [0.1, 0.15) is 0 Å². The highest BCUT2D eigenvalue weighted by atomic mass is 14.8. The van der Waals surface area contributed by atoms with Crippen molar-refractivity contribution < 1.29 is 0 Å². The van der Waals surface area contributed by atoms with Crippen LogP contribution in [0, 0.1) is 0 Å². The summed E-state index contributed by atoms with van der Waals surface area (Å²) >= 11 is 0. The first-order valence-corrected chi connectivity index (χ1v) is 20.1. The number of hydrogen-bond acceptors (Lipinski definition) is 5. The standard InChI is InChI=1S/C55H33N5/c1-2-9-43-42(8-1)45-11-7-10-44-41(26-27-46(43)53(44)45)35-16-20-37(21-17-35)48-29-25-39-23-22-38-24-28-47(59-54(38)55(39)60-48)36-18-14-34(15-19-36)40-32-51(49-12-3-5-30-56-49)58-52(33-40)50-13-4-6-31-57-50/h1-33H. The van der Waals surface area contributed by atoms with Crippen LogP contribution in [0.3, 0.4) is 0 Å². The number of fused-ring (bicyclic) bond motifs is 6. The number of nitrogens with zero attached hydrogens (tertiary/aromatic N) is 5. The molecule has 60 heavy (non-hydrogen) atoms. The smallest absolute Gasteiger partial charge is 0.0972 e. The van der Waals surface area contributed by atoms with Crippen molar-refractivity contribution in [2.24, 2.45) is 0 Å². The molecule has 278 valence electrons. The van der Waals surface area contributed by atoms with Crippen LogP contribution in [0.4, 0.5) is 0 Å². The highest BCUT2D eigenvalue weighted by Gasteiger charge is 2.22. The van der Waals surface area contributed by atoms with Gasteiger partial charge in [0, 0.05) is 34.3 Å². The number of pyridine rings is 5. The third kappa shape index (κ3) is 5.67. The lowest BCUT2D eigenvalue weighted by atomic mass is 9.93. The first-order valence-electron chi connectivity index (χ1n) is 20.1. The van der Waals surface area contributed by atoms with Crippen molar-refractivity contribution in [3.8, 4) is 89.8 Å². The lowest BCUT2D eigenvalue weighted by Crippen LogP contribution is -1.94. The molecular weight excluding hydrogens is 731 g/mol. The third-order valence-electron chi connectivity index (χ3n) is 11.8. The normalized spacial score (nSPS) is 11.7. The molecule has 0 unspecified atom stereocenters. The van der Waals surface area contributed by atoms with E-state index >= 15 is 0 Å². The molecule has 0 fully saturated rings. The molecule has 6 aromatic carbocycles. The summed E-state index contributed by atoms with van der Waals surface area (Å²) in [4.78, 5) is 24.6. The van der Waals surface area contributed by atoms with Gasteiger partial charge in [-0.25, -0.2) is 15.0 Å². The van der Waals surface area contributed by atoms with E-state index in [1.807, 2.05) is 36.4 Å². The Morgan fingerprint density at radius 1 is 0.267 bits per heavy atom. The molecule has 0 saturated carbocycles. The van der Waals surface area contributed by atoms with E-state index in [0.29, 0.717) is 0 Å². The minimum Gasteiger partial charge on any atom is -0.255 e. The minimum atomic E-state index is 0.799. The Bertz CT molecular complexity index is 3370. The van der Waals surface area contributed by atoms with Crippen molar-refractivity contribution >= 4 is 32.6 Å². The fourth-order valence-electron chi connectivity index (χ4n) is 8.79. The third-order valence-corrected chi connectivity index (χ3v) is 11.8. The maximum Gasteiger partial charge on any atom is 0.0972 e. The summed E-state index contributed by atoms with van der Waals surface area (Å²) in [5.41, 5.74) is 18.7. The van der Waals surface area contributed by atoms with Crippen molar-refractivity contribution in [3.05, 3.63) is 200 Å². The van der Waals surface area contributed by atoms with Gasteiger partial charge in [0.15, 0.2) is 0 Å². The van der Waals surface area contributed by atoms with Crippen LogP contribution in [0.5, 0.6) is 0 Å². The van der Waals surface area contributed by atoms with Crippen LogP contribution in [0.25, 0.3) is 122 Å². The number of rotatable bonds is 6. The van der Waals surface area contributed by atoms with E-state index in [1.54, 1.807) is 12.4 Å². The molecule has 0 atom stereocenters. The predicted molar refractivity (Wildman–Crippen MR) is 245 cm³/mol. The minimum absolute atomic E-state index is 0.799. The molecule has 0 bridgehead atoms. The van der Waals surface area contributed by atoms with Gasteiger partial charge in [0.1, 0.15) is 0 Å². The van der Waals surface area contributed by atoms with E-state index in [9.17, 15) is 0 Å². The van der Waals surface area contributed by atoms with Gasteiger partial charge < -0.3 is 0 Å². The van der Waals surface area contributed by atoms with Crippen molar-refractivity contribution in [1.29, 1.82) is 0 Å². The van der Waals surface area contributed by atoms with Crippen molar-refractivity contribution in [2.45, 2.75) is 0 Å². The molecule has 12 rings (SSSR count). The fourth-order valence-corrected chi connectivity index (χ4v) is 8.79. The van der Waals surface area contributed by atoms with Crippen LogP contribution in [-0.2, 0) is 0 Å².